The maximum Gasteiger partial charge on any atom is 0.272 e. The summed E-state index contributed by atoms with van der Waals surface area (Å²) in [7, 11) is 0. The Hall–Kier alpha value is -4.17. The minimum atomic E-state index is -0.117. The lowest BCUT2D eigenvalue weighted by Gasteiger charge is -2.34. The fourth-order valence-corrected chi connectivity index (χ4v) is 5.02. The number of hydrogen-bond donors (Lipinski definition) is 0. The first-order valence-corrected chi connectivity index (χ1v) is 12.5. The summed E-state index contributed by atoms with van der Waals surface area (Å²) in [6, 6.07) is 21.4. The van der Waals surface area contributed by atoms with Crippen molar-refractivity contribution in [1.29, 1.82) is 0 Å². The number of carbonyl (C=O) groups is 1. The quantitative estimate of drug-likeness (QED) is 0.421. The van der Waals surface area contributed by atoms with E-state index in [4.69, 9.17) is 9.47 Å². The van der Waals surface area contributed by atoms with Crippen LogP contribution >= 0.6 is 0 Å². The largest absolute Gasteiger partial charge is 0.454 e. The Morgan fingerprint density at radius 3 is 2.46 bits per heavy atom. The molecular weight excluding hydrogens is 468 g/mol. The minimum Gasteiger partial charge on any atom is -0.454 e. The molecule has 0 unspecified atom stereocenters. The van der Waals surface area contributed by atoms with E-state index in [0.717, 1.165) is 42.2 Å². The second-order valence-corrected chi connectivity index (χ2v) is 9.53. The number of aryl methyl sites for hydroxylation is 1. The monoisotopic (exact) mass is 496 g/mol. The molecule has 0 radical (unpaired) electrons. The number of aromatic nitrogens is 2. The van der Waals surface area contributed by atoms with Crippen molar-refractivity contribution in [3.05, 3.63) is 99.5 Å². The molecule has 37 heavy (non-hydrogen) atoms. The molecule has 0 bridgehead atoms. The van der Waals surface area contributed by atoms with Gasteiger partial charge in [0.2, 0.25) is 6.79 Å². The Morgan fingerprint density at radius 2 is 1.65 bits per heavy atom. The predicted octanol–water partition coefficient (Wildman–Crippen LogP) is 3.44. The van der Waals surface area contributed by atoms with Gasteiger partial charge in [0.1, 0.15) is 5.69 Å². The van der Waals surface area contributed by atoms with Gasteiger partial charge in [-0.1, -0.05) is 36.4 Å². The highest BCUT2D eigenvalue weighted by molar-refractivity contribution is 5.97. The molecule has 0 N–H and O–H groups in total. The fourth-order valence-electron chi connectivity index (χ4n) is 5.02. The number of amides is 1. The van der Waals surface area contributed by atoms with Gasteiger partial charge in [-0.25, -0.2) is 4.98 Å². The third-order valence-electron chi connectivity index (χ3n) is 7.04. The summed E-state index contributed by atoms with van der Waals surface area (Å²) < 4.78 is 12.6. The van der Waals surface area contributed by atoms with Crippen molar-refractivity contribution in [1.82, 2.24) is 19.4 Å². The molecule has 3 heterocycles. The zero-order chi connectivity index (χ0) is 25.4. The summed E-state index contributed by atoms with van der Waals surface area (Å²) in [5.74, 6) is 1.57. The average molecular weight is 497 g/mol. The fraction of sp³-hybridized carbons (Fsp3) is 0.276. The van der Waals surface area contributed by atoms with E-state index in [1.807, 2.05) is 65.6 Å². The number of fused-ring (bicyclic) bond motifs is 2. The average Bonchev–Trinajstić information content (AvgIpc) is 3.40. The smallest absolute Gasteiger partial charge is 0.272 e. The van der Waals surface area contributed by atoms with E-state index in [-0.39, 0.29) is 18.3 Å². The van der Waals surface area contributed by atoms with Crippen LogP contribution in [0.25, 0.3) is 11.0 Å². The van der Waals surface area contributed by atoms with Gasteiger partial charge in [-0.15, -0.1) is 0 Å². The van der Waals surface area contributed by atoms with Gasteiger partial charge in [0.15, 0.2) is 11.5 Å². The van der Waals surface area contributed by atoms with E-state index < -0.39 is 0 Å². The molecule has 6 rings (SSSR count). The normalized spacial score (nSPS) is 15.3. The molecule has 0 spiro atoms. The lowest BCUT2D eigenvalue weighted by molar-refractivity contribution is 0.0628. The SMILES string of the molecule is Cc1nc2cc(C(=O)N3CCN(Cc4ccc5c(c4)OCO5)CC3)ccc2n(Cc2ccccc2)c1=O. The van der Waals surface area contributed by atoms with Crippen molar-refractivity contribution >= 4 is 16.9 Å². The first-order chi connectivity index (χ1) is 18.0. The number of nitrogens with zero attached hydrogens (tertiary/aromatic N) is 4. The molecule has 0 atom stereocenters. The summed E-state index contributed by atoms with van der Waals surface area (Å²) in [6.07, 6.45) is 0. The van der Waals surface area contributed by atoms with Crippen LogP contribution in [0, 0.1) is 6.92 Å². The van der Waals surface area contributed by atoms with E-state index in [1.54, 1.807) is 11.5 Å². The van der Waals surface area contributed by atoms with Crippen molar-refractivity contribution in [2.75, 3.05) is 33.0 Å². The van der Waals surface area contributed by atoms with Gasteiger partial charge in [0, 0.05) is 38.3 Å². The molecule has 1 amide bonds. The van der Waals surface area contributed by atoms with E-state index in [2.05, 4.69) is 16.0 Å². The Kier molecular flexibility index (Phi) is 6.10. The van der Waals surface area contributed by atoms with Gasteiger partial charge >= 0.3 is 0 Å². The number of rotatable bonds is 5. The molecule has 4 aromatic rings. The Labute approximate surface area is 214 Å². The number of piperazine rings is 1. The van der Waals surface area contributed by atoms with Gasteiger partial charge < -0.3 is 18.9 Å². The van der Waals surface area contributed by atoms with Crippen LogP contribution in [0.5, 0.6) is 11.5 Å². The highest BCUT2D eigenvalue weighted by atomic mass is 16.7. The van der Waals surface area contributed by atoms with Crippen LogP contribution in [0.3, 0.4) is 0 Å². The third kappa shape index (κ3) is 4.68. The number of hydrogen-bond acceptors (Lipinski definition) is 6. The molecule has 2 aliphatic rings. The summed E-state index contributed by atoms with van der Waals surface area (Å²) in [5.41, 5.74) is 4.48. The lowest BCUT2D eigenvalue weighted by Crippen LogP contribution is -2.48. The highest BCUT2D eigenvalue weighted by Gasteiger charge is 2.23. The predicted molar refractivity (Wildman–Crippen MR) is 140 cm³/mol. The first kappa shape index (κ1) is 23.2. The van der Waals surface area contributed by atoms with Gasteiger partial charge in [0.25, 0.3) is 11.5 Å². The molecule has 8 nitrogen and oxygen atoms in total. The maximum absolute atomic E-state index is 13.3. The summed E-state index contributed by atoms with van der Waals surface area (Å²) in [5, 5.41) is 0. The number of ether oxygens (including phenoxy) is 2. The van der Waals surface area contributed by atoms with Crippen LogP contribution in [0.15, 0.2) is 71.5 Å². The van der Waals surface area contributed by atoms with Crippen LogP contribution in [-0.4, -0.2) is 58.2 Å². The van der Waals surface area contributed by atoms with Crippen LogP contribution in [0.1, 0.15) is 27.2 Å². The molecule has 1 fully saturated rings. The summed E-state index contributed by atoms with van der Waals surface area (Å²) >= 11 is 0. The summed E-state index contributed by atoms with van der Waals surface area (Å²) in [4.78, 5) is 35.0. The van der Waals surface area contributed by atoms with Crippen LogP contribution in [0.4, 0.5) is 0 Å². The van der Waals surface area contributed by atoms with Crippen LogP contribution in [-0.2, 0) is 13.1 Å². The van der Waals surface area contributed by atoms with Crippen molar-refractivity contribution in [3.8, 4) is 11.5 Å². The van der Waals surface area contributed by atoms with Crippen LogP contribution in [0.2, 0.25) is 0 Å². The Bertz CT molecular complexity index is 1520. The molecule has 8 heteroatoms. The van der Waals surface area contributed by atoms with Gasteiger partial charge in [-0.2, -0.15) is 0 Å². The molecule has 1 aromatic heterocycles. The molecule has 0 aliphatic carbocycles. The standard InChI is InChI=1S/C29H28N4O4/c1-20-28(34)33(18-21-5-3-2-4-6-21)25-9-8-23(16-24(25)30-20)29(35)32-13-11-31(12-14-32)17-22-7-10-26-27(15-22)37-19-36-26/h2-10,15-16H,11-14,17-19H2,1H3. The topological polar surface area (TPSA) is 76.9 Å². The minimum absolute atomic E-state index is 0.00936. The highest BCUT2D eigenvalue weighted by Crippen LogP contribution is 2.33. The van der Waals surface area contributed by atoms with Gasteiger partial charge in [0.05, 0.1) is 17.6 Å². The van der Waals surface area contributed by atoms with Gasteiger partial charge in [-0.3, -0.25) is 14.5 Å². The molecule has 0 saturated carbocycles. The summed E-state index contributed by atoms with van der Waals surface area (Å²) in [6.45, 7) is 6.15. The second kappa shape index (κ2) is 9.71. The maximum atomic E-state index is 13.3. The molecule has 2 aliphatic heterocycles. The zero-order valence-corrected chi connectivity index (χ0v) is 20.7. The van der Waals surface area contributed by atoms with Gasteiger partial charge in [-0.05, 0) is 48.4 Å². The number of carbonyl (C=O) groups excluding carboxylic acids is 1. The second-order valence-electron chi connectivity index (χ2n) is 9.53. The van der Waals surface area contributed by atoms with Crippen molar-refractivity contribution in [2.45, 2.75) is 20.0 Å². The van der Waals surface area contributed by atoms with E-state index >= 15 is 0 Å². The molecular formula is C29H28N4O4. The Morgan fingerprint density at radius 1 is 0.865 bits per heavy atom. The van der Waals surface area contributed by atoms with E-state index in [9.17, 15) is 9.59 Å². The zero-order valence-electron chi connectivity index (χ0n) is 20.7. The van der Waals surface area contributed by atoms with Crippen LogP contribution < -0.4 is 15.0 Å². The van der Waals surface area contributed by atoms with E-state index in [1.165, 1.54) is 5.56 Å². The number of benzene rings is 3. The van der Waals surface area contributed by atoms with Crippen molar-refractivity contribution in [3.63, 3.8) is 0 Å². The third-order valence-corrected chi connectivity index (χ3v) is 7.04. The van der Waals surface area contributed by atoms with Crippen molar-refractivity contribution < 1.29 is 14.3 Å². The molecule has 188 valence electrons. The lowest BCUT2D eigenvalue weighted by atomic mass is 10.1. The first-order valence-electron chi connectivity index (χ1n) is 12.5. The molecule has 3 aromatic carbocycles. The van der Waals surface area contributed by atoms with E-state index in [0.29, 0.717) is 36.4 Å². The Balaban J connectivity index is 1.16. The van der Waals surface area contributed by atoms with Crippen molar-refractivity contribution in [2.24, 2.45) is 0 Å². The molecule has 1 saturated heterocycles.